The molecule has 134 valence electrons. The van der Waals surface area contributed by atoms with E-state index in [1.54, 1.807) is 0 Å². The highest BCUT2D eigenvalue weighted by Crippen LogP contribution is 2.12. The molecule has 2 heteroatoms. The van der Waals surface area contributed by atoms with Crippen LogP contribution in [0.15, 0.2) is 26.3 Å². The van der Waals surface area contributed by atoms with Crippen molar-refractivity contribution < 1.29 is 9.47 Å². The van der Waals surface area contributed by atoms with Crippen molar-refractivity contribution in [2.24, 2.45) is 0 Å². The van der Waals surface area contributed by atoms with Crippen LogP contribution in [-0.4, -0.2) is 19.5 Å². The summed E-state index contributed by atoms with van der Waals surface area (Å²) in [6.07, 6.45) is 12.7. The van der Waals surface area contributed by atoms with Crippen LogP contribution in [0.5, 0.6) is 0 Å². The zero-order valence-corrected chi connectivity index (χ0v) is 15.7. The summed E-state index contributed by atoms with van der Waals surface area (Å²) in [4.78, 5) is 0. The molecular weight excluding hydrogens is 272 g/mol. The molecule has 0 spiro atoms. The molecule has 0 aliphatic rings. The molecule has 0 heterocycles. The lowest BCUT2D eigenvalue weighted by Gasteiger charge is -2.18. The van der Waals surface area contributed by atoms with Crippen molar-refractivity contribution in [3.05, 3.63) is 26.3 Å². The first-order chi connectivity index (χ1) is 10.8. The predicted octanol–water partition coefficient (Wildman–Crippen LogP) is 6.91. The number of rotatable bonds is 14. The van der Waals surface area contributed by atoms with E-state index in [1.807, 2.05) is 0 Å². The summed E-state index contributed by atoms with van der Waals surface area (Å²) in [6, 6.07) is 0. The highest BCUT2D eigenvalue weighted by atomic mass is 16.7. The normalized spacial score (nSPS) is 9.64. The average Bonchev–Trinajstić information content (AvgIpc) is 2.59. The fourth-order valence-electron chi connectivity index (χ4n) is 1.98. The molecule has 0 saturated heterocycles. The van der Waals surface area contributed by atoms with Crippen molar-refractivity contribution in [3.63, 3.8) is 0 Å². The van der Waals surface area contributed by atoms with Crippen molar-refractivity contribution >= 4 is 0 Å². The molecule has 0 saturated carbocycles. The van der Waals surface area contributed by atoms with Crippen molar-refractivity contribution in [1.82, 2.24) is 0 Å². The second-order valence-electron chi connectivity index (χ2n) is 5.08. The quantitative estimate of drug-likeness (QED) is 0.197. The van der Waals surface area contributed by atoms with Gasteiger partial charge in [0.1, 0.15) is 0 Å². The minimum absolute atomic E-state index is 0.0422. The average molecular weight is 315 g/mol. The molecule has 0 amide bonds. The summed E-state index contributed by atoms with van der Waals surface area (Å²) in [5.41, 5.74) is 0. The van der Waals surface area contributed by atoms with Gasteiger partial charge >= 0.3 is 0 Å². The summed E-state index contributed by atoms with van der Waals surface area (Å²) in [5, 5.41) is 0. The standard InChI is InChI=1S/C16H34O2.2C2H4/c1-4-7-8-9-10-11-12-13-16(17-14-5-2)18-15-6-3;2*1-2/h16H,4-15H2,1-3H3;2*1-2H2. The molecule has 0 aromatic rings. The molecular formula is C20H42O2. The van der Waals surface area contributed by atoms with Crippen LogP contribution in [0.1, 0.15) is 85.0 Å². The third-order valence-corrected chi connectivity index (χ3v) is 3.06. The largest absolute Gasteiger partial charge is 0.353 e. The van der Waals surface area contributed by atoms with E-state index in [-0.39, 0.29) is 6.29 Å². The van der Waals surface area contributed by atoms with Crippen molar-refractivity contribution in [2.45, 2.75) is 91.3 Å². The Morgan fingerprint density at radius 1 is 0.591 bits per heavy atom. The highest BCUT2D eigenvalue weighted by molar-refractivity contribution is 4.50. The maximum absolute atomic E-state index is 5.72. The van der Waals surface area contributed by atoms with Crippen LogP contribution in [0.3, 0.4) is 0 Å². The molecule has 0 fully saturated rings. The van der Waals surface area contributed by atoms with Crippen molar-refractivity contribution in [2.75, 3.05) is 13.2 Å². The maximum Gasteiger partial charge on any atom is 0.157 e. The van der Waals surface area contributed by atoms with Gasteiger partial charge in [-0.1, -0.05) is 59.3 Å². The molecule has 0 radical (unpaired) electrons. The van der Waals surface area contributed by atoms with Gasteiger partial charge in [0.05, 0.1) is 0 Å². The van der Waals surface area contributed by atoms with Gasteiger partial charge in [0.15, 0.2) is 6.29 Å². The van der Waals surface area contributed by atoms with Gasteiger partial charge in [-0.15, -0.1) is 26.3 Å². The number of hydrogen-bond donors (Lipinski definition) is 0. The lowest BCUT2D eigenvalue weighted by Crippen LogP contribution is -2.18. The van der Waals surface area contributed by atoms with Crippen LogP contribution in [0.4, 0.5) is 0 Å². The van der Waals surface area contributed by atoms with Gasteiger partial charge < -0.3 is 9.47 Å². The van der Waals surface area contributed by atoms with E-state index in [2.05, 4.69) is 47.1 Å². The van der Waals surface area contributed by atoms with Crippen LogP contribution < -0.4 is 0 Å². The third kappa shape index (κ3) is 24.4. The second-order valence-corrected chi connectivity index (χ2v) is 5.08. The van der Waals surface area contributed by atoms with Gasteiger partial charge in [0.25, 0.3) is 0 Å². The molecule has 0 N–H and O–H groups in total. The Hall–Kier alpha value is -0.600. The van der Waals surface area contributed by atoms with E-state index in [4.69, 9.17) is 9.47 Å². The van der Waals surface area contributed by atoms with Gasteiger partial charge in [0, 0.05) is 13.2 Å². The Morgan fingerprint density at radius 2 is 1.00 bits per heavy atom. The van der Waals surface area contributed by atoms with Gasteiger partial charge in [-0.25, -0.2) is 0 Å². The highest BCUT2D eigenvalue weighted by Gasteiger charge is 2.07. The third-order valence-electron chi connectivity index (χ3n) is 3.06. The lowest BCUT2D eigenvalue weighted by molar-refractivity contribution is -0.146. The molecule has 22 heavy (non-hydrogen) atoms. The van der Waals surface area contributed by atoms with E-state index < -0.39 is 0 Å². The van der Waals surface area contributed by atoms with Gasteiger partial charge in [-0.05, 0) is 25.7 Å². The topological polar surface area (TPSA) is 18.5 Å². The van der Waals surface area contributed by atoms with Crippen molar-refractivity contribution in [3.8, 4) is 0 Å². The van der Waals surface area contributed by atoms with Gasteiger partial charge in [-0.3, -0.25) is 0 Å². The van der Waals surface area contributed by atoms with E-state index >= 15 is 0 Å². The summed E-state index contributed by atoms with van der Waals surface area (Å²) < 4.78 is 11.4. The summed E-state index contributed by atoms with van der Waals surface area (Å²) in [7, 11) is 0. The van der Waals surface area contributed by atoms with Gasteiger partial charge in [-0.2, -0.15) is 0 Å². The molecule has 0 aliphatic heterocycles. The smallest absolute Gasteiger partial charge is 0.157 e. The molecule has 2 nitrogen and oxygen atoms in total. The molecule has 0 atom stereocenters. The fourth-order valence-corrected chi connectivity index (χ4v) is 1.98. The summed E-state index contributed by atoms with van der Waals surface area (Å²) in [6.45, 7) is 20.2. The van der Waals surface area contributed by atoms with Crippen LogP contribution in [0, 0.1) is 0 Å². The Bertz CT molecular complexity index is 161. The Kier molecular flexibility index (Phi) is 34.1. The molecule has 0 aromatic carbocycles. The molecule has 0 aromatic heterocycles. The zero-order chi connectivity index (χ0) is 17.5. The lowest BCUT2D eigenvalue weighted by atomic mass is 10.1. The summed E-state index contributed by atoms with van der Waals surface area (Å²) in [5.74, 6) is 0. The number of hydrogen-bond acceptors (Lipinski definition) is 2. The van der Waals surface area contributed by atoms with Crippen LogP contribution >= 0.6 is 0 Å². The maximum atomic E-state index is 5.72. The SMILES string of the molecule is C=C.C=C.CCCCCCCCCC(OCCC)OCCC. The number of ether oxygens (including phenoxy) is 2. The molecule has 0 unspecified atom stereocenters. The van der Waals surface area contributed by atoms with E-state index in [1.165, 1.54) is 44.9 Å². The van der Waals surface area contributed by atoms with E-state index in [0.717, 1.165) is 32.5 Å². The second kappa shape index (κ2) is 28.5. The first-order valence-corrected chi connectivity index (χ1v) is 9.08. The Balaban J connectivity index is -0.000000826. The molecule has 0 rings (SSSR count). The first kappa shape index (κ1) is 26.3. The van der Waals surface area contributed by atoms with Crippen molar-refractivity contribution in [1.29, 1.82) is 0 Å². The fraction of sp³-hybridized carbons (Fsp3) is 0.800. The van der Waals surface area contributed by atoms with Crippen LogP contribution in [-0.2, 0) is 9.47 Å². The Labute approximate surface area is 141 Å². The molecule has 0 aliphatic carbocycles. The number of unbranched alkanes of at least 4 members (excludes halogenated alkanes) is 6. The van der Waals surface area contributed by atoms with E-state index in [9.17, 15) is 0 Å². The summed E-state index contributed by atoms with van der Waals surface area (Å²) >= 11 is 0. The van der Waals surface area contributed by atoms with Crippen LogP contribution in [0.25, 0.3) is 0 Å². The van der Waals surface area contributed by atoms with Gasteiger partial charge in [0.2, 0.25) is 0 Å². The monoisotopic (exact) mass is 314 g/mol. The minimum atomic E-state index is 0.0422. The Morgan fingerprint density at radius 3 is 1.41 bits per heavy atom. The minimum Gasteiger partial charge on any atom is -0.353 e. The van der Waals surface area contributed by atoms with Crippen LogP contribution in [0.2, 0.25) is 0 Å². The first-order valence-electron chi connectivity index (χ1n) is 9.08. The predicted molar refractivity (Wildman–Crippen MR) is 101 cm³/mol. The van der Waals surface area contributed by atoms with E-state index in [0.29, 0.717) is 0 Å². The zero-order valence-electron chi connectivity index (χ0n) is 15.7. The molecule has 0 bridgehead atoms.